The summed E-state index contributed by atoms with van der Waals surface area (Å²) < 4.78 is 0. The quantitative estimate of drug-likeness (QED) is 0.145. The summed E-state index contributed by atoms with van der Waals surface area (Å²) in [4.78, 5) is 15.8. The zero-order chi connectivity index (χ0) is 46.0. The first-order valence-corrected chi connectivity index (χ1v) is 23.3. The van der Waals surface area contributed by atoms with Gasteiger partial charge in [-0.1, -0.05) is 227 Å². The number of nitrogens with zero attached hydrogens (tertiary/aromatic N) is 3. The number of rotatable bonds is 9. The van der Waals surface area contributed by atoms with Gasteiger partial charge in [-0.25, -0.2) is 15.0 Å². The molecule has 10 aromatic carbocycles. The molecule has 0 aliphatic heterocycles. The number of benzene rings is 10. The molecule has 3 nitrogen and oxygen atoms in total. The van der Waals surface area contributed by atoms with Gasteiger partial charge in [0.05, 0.1) is 0 Å². The molecule has 0 saturated heterocycles. The number of hydrogen-bond donors (Lipinski definition) is 0. The Labute approximate surface area is 399 Å². The Kier molecular flexibility index (Phi) is 11.2. The molecule has 0 atom stereocenters. The molecule has 0 N–H and O–H groups in total. The Hall–Kier alpha value is -8.53. The molecule has 11 aromatic rings. The third kappa shape index (κ3) is 8.78. The molecule has 0 saturated carbocycles. The van der Waals surface area contributed by atoms with Crippen molar-refractivity contribution < 1.29 is 0 Å². The maximum Gasteiger partial charge on any atom is 0.164 e. The van der Waals surface area contributed by atoms with Crippen molar-refractivity contribution in [2.24, 2.45) is 0 Å². The topological polar surface area (TPSA) is 38.7 Å². The van der Waals surface area contributed by atoms with Gasteiger partial charge < -0.3 is 0 Å². The van der Waals surface area contributed by atoms with E-state index in [0.717, 1.165) is 50.1 Å². The van der Waals surface area contributed by atoms with Crippen molar-refractivity contribution in [2.45, 2.75) is 26.2 Å². The average molecular weight is 872 g/mol. The molecule has 0 radical (unpaired) electrons. The van der Waals surface area contributed by atoms with Crippen LogP contribution in [-0.2, 0) is 5.41 Å². The molecule has 324 valence electrons. The molecule has 0 unspecified atom stereocenters. The first-order chi connectivity index (χ1) is 33.3. The summed E-state index contributed by atoms with van der Waals surface area (Å²) in [6, 6.07) is 86.5. The molecule has 11 rings (SSSR count). The normalized spacial score (nSPS) is 11.5. The summed E-state index contributed by atoms with van der Waals surface area (Å²) in [5, 5.41) is 2.41. The van der Waals surface area contributed by atoms with E-state index in [2.05, 4.69) is 263 Å². The van der Waals surface area contributed by atoms with Gasteiger partial charge in [0.2, 0.25) is 0 Å². The number of fused-ring (bicyclic) bond motifs is 1. The van der Waals surface area contributed by atoms with Crippen LogP contribution in [0.15, 0.2) is 243 Å². The first-order valence-electron chi connectivity index (χ1n) is 23.3. The number of hydrogen-bond acceptors (Lipinski definition) is 3. The number of aromatic nitrogens is 3. The van der Waals surface area contributed by atoms with Crippen LogP contribution in [0.3, 0.4) is 0 Å². The first kappa shape index (κ1) is 42.1. The Morgan fingerprint density at radius 1 is 0.250 bits per heavy atom. The van der Waals surface area contributed by atoms with Gasteiger partial charge in [-0.05, 0) is 125 Å². The molecule has 0 aliphatic carbocycles. The van der Waals surface area contributed by atoms with Gasteiger partial charge in [0, 0.05) is 16.7 Å². The third-order valence-corrected chi connectivity index (χ3v) is 12.9. The second kappa shape index (κ2) is 18.0. The third-order valence-electron chi connectivity index (χ3n) is 12.9. The van der Waals surface area contributed by atoms with E-state index < -0.39 is 0 Å². The predicted molar refractivity (Wildman–Crippen MR) is 285 cm³/mol. The highest BCUT2D eigenvalue weighted by molar-refractivity contribution is 5.97. The van der Waals surface area contributed by atoms with Crippen molar-refractivity contribution in [3.63, 3.8) is 0 Å². The van der Waals surface area contributed by atoms with Crippen LogP contribution >= 0.6 is 0 Å². The van der Waals surface area contributed by atoms with E-state index in [0.29, 0.717) is 17.5 Å². The molecule has 1 heterocycles. The summed E-state index contributed by atoms with van der Waals surface area (Å²) in [6.07, 6.45) is 0. The highest BCUT2D eigenvalue weighted by Gasteiger charge is 2.17. The Balaban J connectivity index is 0.984. The van der Waals surface area contributed by atoms with E-state index in [1.807, 2.05) is 0 Å². The molecule has 3 heteroatoms. The minimum absolute atomic E-state index is 0.111. The highest BCUT2D eigenvalue weighted by Crippen LogP contribution is 2.36. The maximum absolute atomic E-state index is 5.26. The summed E-state index contributed by atoms with van der Waals surface area (Å²) in [5.74, 6) is 1.84. The van der Waals surface area contributed by atoms with Gasteiger partial charge in [-0.3, -0.25) is 0 Å². The van der Waals surface area contributed by atoms with Crippen LogP contribution in [0.4, 0.5) is 0 Å². The summed E-state index contributed by atoms with van der Waals surface area (Å²) in [6.45, 7) is 6.76. The summed E-state index contributed by atoms with van der Waals surface area (Å²) in [7, 11) is 0. The van der Waals surface area contributed by atoms with Gasteiger partial charge >= 0.3 is 0 Å². The monoisotopic (exact) mass is 871 g/mol. The van der Waals surface area contributed by atoms with Gasteiger partial charge in [0.25, 0.3) is 0 Å². The molecule has 0 fully saturated rings. The van der Waals surface area contributed by atoms with Crippen LogP contribution in [0.2, 0.25) is 0 Å². The average Bonchev–Trinajstić information content (AvgIpc) is 3.41. The molecular weight excluding hydrogens is 823 g/mol. The van der Waals surface area contributed by atoms with Crippen LogP contribution in [0.25, 0.3) is 112 Å². The van der Waals surface area contributed by atoms with Crippen molar-refractivity contribution in [2.75, 3.05) is 0 Å². The SMILES string of the molecule is CC(C)(C)c1ccc(-c2cccc(-c3cccc(-c4cccc(-c5nc(-c6cccc(-c7cccc(-c8ccccc8)c7)c6)nc(-c6cccc(-c7cccc8ccccc78)c6)n5)c4)c3)c2)cc1. The van der Waals surface area contributed by atoms with E-state index in [-0.39, 0.29) is 5.41 Å². The zero-order valence-electron chi connectivity index (χ0n) is 38.4. The second-order valence-corrected chi connectivity index (χ2v) is 18.5. The zero-order valence-corrected chi connectivity index (χ0v) is 38.4. The van der Waals surface area contributed by atoms with Crippen LogP contribution in [0.5, 0.6) is 0 Å². The maximum atomic E-state index is 5.26. The largest absolute Gasteiger partial charge is 0.208 e. The van der Waals surface area contributed by atoms with E-state index in [1.54, 1.807) is 0 Å². The lowest BCUT2D eigenvalue weighted by molar-refractivity contribution is 0.590. The van der Waals surface area contributed by atoms with Gasteiger partial charge in [0.1, 0.15) is 0 Å². The molecule has 0 bridgehead atoms. The molecule has 0 amide bonds. The fourth-order valence-electron chi connectivity index (χ4n) is 9.17. The summed E-state index contributed by atoms with van der Waals surface area (Å²) in [5.41, 5.74) is 18.0. The molecule has 0 aliphatic rings. The highest BCUT2D eigenvalue weighted by atomic mass is 15.0. The second-order valence-electron chi connectivity index (χ2n) is 18.5. The lowest BCUT2D eigenvalue weighted by Gasteiger charge is -2.19. The van der Waals surface area contributed by atoms with E-state index >= 15 is 0 Å². The molecule has 68 heavy (non-hydrogen) atoms. The smallest absolute Gasteiger partial charge is 0.164 e. The minimum Gasteiger partial charge on any atom is -0.208 e. The molecule has 0 spiro atoms. The van der Waals surface area contributed by atoms with Gasteiger partial charge in [-0.2, -0.15) is 0 Å². The fraction of sp³-hybridized carbons (Fsp3) is 0.0615. The van der Waals surface area contributed by atoms with Crippen LogP contribution in [0.1, 0.15) is 26.3 Å². The Morgan fingerprint density at radius 3 is 1.01 bits per heavy atom. The van der Waals surface area contributed by atoms with Crippen LogP contribution in [0, 0.1) is 0 Å². The van der Waals surface area contributed by atoms with Crippen molar-refractivity contribution in [1.82, 2.24) is 15.0 Å². The predicted octanol–water partition coefficient (Wildman–Crippen LogP) is 17.3. The van der Waals surface area contributed by atoms with E-state index in [9.17, 15) is 0 Å². The van der Waals surface area contributed by atoms with E-state index in [1.165, 1.54) is 49.7 Å². The summed E-state index contributed by atoms with van der Waals surface area (Å²) >= 11 is 0. The van der Waals surface area contributed by atoms with Crippen molar-refractivity contribution in [3.05, 3.63) is 248 Å². The van der Waals surface area contributed by atoms with Crippen molar-refractivity contribution >= 4 is 10.8 Å². The lowest BCUT2D eigenvalue weighted by atomic mass is 9.86. The van der Waals surface area contributed by atoms with Crippen LogP contribution < -0.4 is 0 Å². The fourth-order valence-corrected chi connectivity index (χ4v) is 9.17. The van der Waals surface area contributed by atoms with Crippen molar-refractivity contribution in [3.8, 4) is 101 Å². The lowest BCUT2D eigenvalue weighted by Crippen LogP contribution is -2.10. The van der Waals surface area contributed by atoms with Crippen LogP contribution in [-0.4, -0.2) is 15.0 Å². The minimum atomic E-state index is 0.111. The molecule has 1 aromatic heterocycles. The van der Waals surface area contributed by atoms with Crippen molar-refractivity contribution in [1.29, 1.82) is 0 Å². The Morgan fingerprint density at radius 2 is 0.559 bits per heavy atom. The Bertz CT molecular complexity index is 3600. The van der Waals surface area contributed by atoms with Gasteiger partial charge in [0.15, 0.2) is 17.5 Å². The molecular formula is C65H49N3. The van der Waals surface area contributed by atoms with Gasteiger partial charge in [-0.15, -0.1) is 0 Å². The van der Waals surface area contributed by atoms with E-state index in [4.69, 9.17) is 15.0 Å². The standard InChI is InChI=1S/C65H49N3/c1-65(2,3)59-36-34-45(35-37-59)48-21-10-22-49(39-48)51-24-11-25-52(40-51)54-27-13-30-57(42-54)63-66-62(56-29-12-26-53(41-56)50-23-9-20-47(38-50)44-16-5-4-6-17-44)67-64(68-63)58-31-14-28-55(43-58)61-33-15-19-46-18-7-8-32-60(46)61/h4-43H,1-3H3.